The molecular weight excluding hydrogens is 370 g/mol. The van der Waals surface area contributed by atoms with Crippen molar-refractivity contribution in [1.82, 2.24) is 15.5 Å². The van der Waals surface area contributed by atoms with Crippen molar-refractivity contribution < 1.29 is 9.59 Å². The smallest absolute Gasteiger partial charge is 0.315 e. The van der Waals surface area contributed by atoms with Gasteiger partial charge in [0.2, 0.25) is 0 Å². The van der Waals surface area contributed by atoms with Gasteiger partial charge in [-0.3, -0.25) is 4.79 Å². The molecular formula is C22H43N3O2S. The number of unbranched alkanes of at least 4 members (excludes halogenated alkanes) is 2. The number of urea groups is 1. The fourth-order valence-corrected chi connectivity index (χ4v) is 5.44. The van der Waals surface area contributed by atoms with Gasteiger partial charge in [-0.05, 0) is 44.7 Å². The number of thioether (sulfide) groups is 1. The fourth-order valence-electron chi connectivity index (χ4n) is 3.90. The molecule has 3 unspecified atom stereocenters. The van der Waals surface area contributed by atoms with E-state index in [0.717, 1.165) is 38.1 Å². The van der Waals surface area contributed by atoms with Crippen LogP contribution in [0.1, 0.15) is 79.6 Å². The third-order valence-corrected chi connectivity index (χ3v) is 7.13. The molecule has 2 heterocycles. The quantitative estimate of drug-likeness (QED) is 0.366. The van der Waals surface area contributed by atoms with Crippen LogP contribution in [-0.2, 0) is 4.79 Å². The first kappa shape index (κ1) is 25.3. The maximum absolute atomic E-state index is 12.1. The van der Waals surface area contributed by atoms with E-state index in [2.05, 4.69) is 43.4 Å². The van der Waals surface area contributed by atoms with Gasteiger partial charge in [0.1, 0.15) is 5.78 Å². The Morgan fingerprint density at radius 3 is 2.57 bits per heavy atom. The van der Waals surface area contributed by atoms with E-state index in [1.54, 1.807) is 0 Å². The van der Waals surface area contributed by atoms with E-state index in [0.29, 0.717) is 35.3 Å². The Hall–Kier alpha value is -0.750. The molecule has 0 aliphatic carbocycles. The number of ketones is 1. The van der Waals surface area contributed by atoms with Gasteiger partial charge in [-0.2, -0.15) is 11.8 Å². The average molecular weight is 414 g/mol. The number of Topliss-reactive ketones (excluding diaryl/α,β-unsaturated/α-hetero) is 1. The zero-order valence-electron chi connectivity index (χ0n) is 17.7. The van der Waals surface area contributed by atoms with Crippen LogP contribution < -0.4 is 10.6 Å². The molecule has 0 aromatic heterocycles. The summed E-state index contributed by atoms with van der Waals surface area (Å²) >= 11 is 1.95. The van der Waals surface area contributed by atoms with Crippen LogP contribution in [-0.4, -0.2) is 59.9 Å². The van der Waals surface area contributed by atoms with Gasteiger partial charge in [-0.1, -0.05) is 41.0 Å². The molecule has 2 aliphatic rings. The Morgan fingerprint density at radius 1 is 1.11 bits per heavy atom. The van der Waals surface area contributed by atoms with Gasteiger partial charge >= 0.3 is 6.03 Å². The number of rotatable bonds is 12. The van der Waals surface area contributed by atoms with Gasteiger partial charge in [0.15, 0.2) is 0 Å². The van der Waals surface area contributed by atoms with Gasteiger partial charge in [0, 0.05) is 30.4 Å². The summed E-state index contributed by atoms with van der Waals surface area (Å²) < 4.78 is 0. The molecule has 164 valence electrons. The normalized spacial score (nSPS) is 23.9. The number of hydrogen-bond donors (Lipinski definition) is 2. The highest BCUT2D eigenvalue weighted by atomic mass is 32.2. The highest BCUT2D eigenvalue weighted by Crippen LogP contribution is 2.33. The first-order chi connectivity index (χ1) is 12.7. The van der Waals surface area contributed by atoms with Gasteiger partial charge < -0.3 is 15.5 Å². The number of fused-ring (bicyclic) bond motifs is 1. The summed E-state index contributed by atoms with van der Waals surface area (Å²) in [5.74, 6) is 1.40. The summed E-state index contributed by atoms with van der Waals surface area (Å²) in [7, 11) is 2.13. The minimum absolute atomic E-state index is 0. The van der Waals surface area contributed by atoms with E-state index in [1.807, 2.05) is 11.8 Å². The highest BCUT2D eigenvalue weighted by Gasteiger charge is 2.42. The molecule has 0 aromatic carbocycles. The molecule has 2 saturated heterocycles. The predicted molar refractivity (Wildman–Crippen MR) is 121 cm³/mol. The van der Waals surface area contributed by atoms with Crippen molar-refractivity contribution in [1.29, 1.82) is 0 Å². The number of carbonyl (C=O) groups excluding carboxylic acids is 2. The highest BCUT2D eigenvalue weighted by molar-refractivity contribution is 8.00. The van der Waals surface area contributed by atoms with E-state index in [-0.39, 0.29) is 19.5 Å². The minimum atomic E-state index is -0.0204. The van der Waals surface area contributed by atoms with Crippen molar-refractivity contribution in [2.24, 2.45) is 5.41 Å². The molecule has 3 atom stereocenters. The summed E-state index contributed by atoms with van der Waals surface area (Å²) in [6.07, 6.45) is 8.27. The molecule has 0 radical (unpaired) electrons. The van der Waals surface area contributed by atoms with Gasteiger partial charge in [0.25, 0.3) is 0 Å². The molecule has 2 N–H and O–H groups in total. The second-order valence-electron chi connectivity index (χ2n) is 9.48. The number of nitrogens with zero attached hydrogens (tertiary/aromatic N) is 1. The van der Waals surface area contributed by atoms with Crippen LogP contribution >= 0.6 is 11.8 Å². The van der Waals surface area contributed by atoms with Gasteiger partial charge in [-0.25, -0.2) is 4.79 Å². The maximum atomic E-state index is 12.1. The van der Waals surface area contributed by atoms with E-state index in [9.17, 15) is 9.59 Å². The van der Waals surface area contributed by atoms with Crippen molar-refractivity contribution >= 4 is 23.6 Å². The minimum Gasteiger partial charge on any atom is -0.332 e. The van der Waals surface area contributed by atoms with E-state index in [1.165, 1.54) is 19.3 Å². The standard InChI is InChI=1S/C21H39N3O2S.CH4/c1-21(2,3)12-7-8-13-24(4)14-11-16(25)9-5-6-10-18-19-17(15-27-18)22-20(26)23-19;/h17-19H,5-15H2,1-4H3,(H2,22,23,26);1H4. The molecule has 0 aromatic rings. The topological polar surface area (TPSA) is 61.4 Å². The summed E-state index contributed by atoms with van der Waals surface area (Å²) in [5.41, 5.74) is 0.423. The Kier molecular flexibility index (Phi) is 10.9. The van der Waals surface area contributed by atoms with Crippen LogP contribution in [0.2, 0.25) is 0 Å². The third-order valence-electron chi connectivity index (χ3n) is 5.62. The molecule has 2 rings (SSSR count). The zero-order valence-corrected chi connectivity index (χ0v) is 18.5. The van der Waals surface area contributed by atoms with Crippen molar-refractivity contribution in [2.75, 3.05) is 25.9 Å². The number of nitrogens with one attached hydrogen (secondary N) is 2. The Bertz CT molecular complexity index is 493. The first-order valence-electron chi connectivity index (χ1n) is 10.6. The molecule has 2 aliphatic heterocycles. The van der Waals surface area contributed by atoms with E-state index >= 15 is 0 Å². The van der Waals surface area contributed by atoms with Gasteiger partial charge in [-0.15, -0.1) is 0 Å². The molecule has 2 fully saturated rings. The van der Waals surface area contributed by atoms with E-state index < -0.39 is 0 Å². The number of hydrogen-bond acceptors (Lipinski definition) is 4. The maximum Gasteiger partial charge on any atom is 0.315 e. The van der Waals surface area contributed by atoms with Crippen LogP contribution in [0.25, 0.3) is 0 Å². The Morgan fingerprint density at radius 2 is 1.86 bits per heavy atom. The lowest BCUT2D eigenvalue weighted by Crippen LogP contribution is -2.36. The third kappa shape index (κ3) is 9.17. The van der Waals surface area contributed by atoms with Crippen molar-refractivity contribution in [2.45, 2.75) is 96.9 Å². The largest absolute Gasteiger partial charge is 0.332 e. The van der Waals surface area contributed by atoms with Gasteiger partial charge in [0.05, 0.1) is 12.1 Å². The van der Waals surface area contributed by atoms with Crippen LogP contribution in [0.4, 0.5) is 4.79 Å². The lowest BCUT2D eigenvalue weighted by Gasteiger charge is -2.20. The van der Waals surface area contributed by atoms with E-state index in [4.69, 9.17) is 0 Å². The fraction of sp³-hybridized carbons (Fsp3) is 0.909. The summed E-state index contributed by atoms with van der Waals surface area (Å²) in [6.45, 7) is 8.85. The summed E-state index contributed by atoms with van der Waals surface area (Å²) in [4.78, 5) is 25.8. The second-order valence-corrected chi connectivity index (χ2v) is 10.7. The molecule has 2 amide bonds. The zero-order chi connectivity index (χ0) is 19.9. The SMILES string of the molecule is C.CN(CCCCC(C)(C)C)CCC(=O)CCCCC1SCC2NC(=O)NC21. The molecule has 0 spiro atoms. The number of amides is 2. The number of carbonyl (C=O) groups is 2. The van der Waals surface area contributed by atoms with Crippen molar-refractivity contribution in [3.8, 4) is 0 Å². The lowest BCUT2D eigenvalue weighted by atomic mass is 9.90. The van der Waals surface area contributed by atoms with Crippen LogP contribution in [0.5, 0.6) is 0 Å². The molecule has 5 nitrogen and oxygen atoms in total. The van der Waals surface area contributed by atoms with Crippen LogP contribution in [0.3, 0.4) is 0 Å². The van der Waals surface area contributed by atoms with Crippen molar-refractivity contribution in [3.05, 3.63) is 0 Å². The lowest BCUT2D eigenvalue weighted by molar-refractivity contribution is -0.119. The molecule has 6 heteroatoms. The van der Waals surface area contributed by atoms with Crippen LogP contribution in [0, 0.1) is 5.41 Å². The van der Waals surface area contributed by atoms with Crippen LogP contribution in [0.15, 0.2) is 0 Å². The molecule has 0 bridgehead atoms. The average Bonchev–Trinajstić information content (AvgIpc) is 3.12. The molecule has 28 heavy (non-hydrogen) atoms. The first-order valence-corrected chi connectivity index (χ1v) is 11.7. The predicted octanol–water partition coefficient (Wildman–Crippen LogP) is 4.46. The van der Waals surface area contributed by atoms with Crippen molar-refractivity contribution in [3.63, 3.8) is 0 Å². The summed E-state index contributed by atoms with van der Waals surface area (Å²) in [6, 6.07) is 0.561. The second kappa shape index (κ2) is 12.1. The Balaban J connectivity index is 0.00000392. The molecule has 0 saturated carbocycles. The summed E-state index contributed by atoms with van der Waals surface area (Å²) in [5, 5.41) is 6.51. The monoisotopic (exact) mass is 413 g/mol. The Labute approximate surface area is 177 Å².